The van der Waals surface area contributed by atoms with Crippen LogP contribution >= 0.6 is 11.6 Å². The molecule has 0 fully saturated rings. The van der Waals surface area contributed by atoms with Gasteiger partial charge in [-0.2, -0.15) is 0 Å². The molecular weight excluding hydrogens is 352 g/mol. The molecule has 0 radical (unpaired) electrons. The van der Waals surface area contributed by atoms with Crippen LogP contribution in [0.25, 0.3) is 6.08 Å². The van der Waals surface area contributed by atoms with Crippen molar-refractivity contribution in [3.05, 3.63) is 58.6 Å². The molecule has 0 aliphatic heterocycles. The Morgan fingerprint density at radius 2 is 1.92 bits per heavy atom. The highest BCUT2D eigenvalue weighted by molar-refractivity contribution is 7.90. The number of ether oxygens (including phenoxy) is 1. The van der Waals surface area contributed by atoms with Gasteiger partial charge in [-0.1, -0.05) is 23.7 Å². The minimum Gasteiger partial charge on any atom is -0.506 e. The standard InChI is InChI=1S/C17H15ClO5S/c1-23-16-10-12(5-8-17(16)24(2,21)22)14(19)6-3-11-4-7-15(20)13(18)9-11/h3-10,20H,1-2H3/b6-3+. The van der Waals surface area contributed by atoms with E-state index in [1.807, 2.05) is 0 Å². The zero-order chi connectivity index (χ0) is 17.9. The Labute approximate surface area is 145 Å². The van der Waals surface area contributed by atoms with Crippen LogP contribution in [0, 0.1) is 0 Å². The van der Waals surface area contributed by atoms with E-state index in [-0.39, 0.29) is 27.2 Å². The van der Waals surface area contributed by atoms with Gasteiger partial charge in [0.05, 0.1) is 12.1 Å². The second-order valence-electron chi connectivity index (χ2n) is 5.05. The largest absolute Gasteiger partial charge is 0.506 e. The fourth-order valence-electron chi connectivity index (χ4n) is 2.02. The van der Waals surface area contributed by atoms with E-state index in [1.54, 1.807) is 12.1 Å². The molecule has 0 unspecified atom stereocenters. The van der Waals surface area contributed by atoms with Crippen LogP contribution in [0.15, 0.2) is 47.4 Å². The second-order valence-corrected chi connectivity index (χ2v) is 7.44. The number of ketones is 1. The molecule has 0 aromatic heterocycles. The summed E-state index contributed by atoms with van der Waals surface area (Å²) in [7, 11) is -2.10. The van der Waals surface area contributed by atoms with Crippen molar-refractivity contribution >= 4 is 33.3 Å². The number of allylic oxidation sites excluding steroid dienone is 1. The smallest absolute Gasteiger partial charge is 0.185 e. The Hall–Kier alpha value is -2.31. The van der Waals surface area contributed by atoms with E-state index in [0.717, 1.165) is 6.26 Å². The van der Waals surface area contributed by atoms with Crippen molar-refractivity contribution in [2.45, 2.75) is 4.90 Å². The van der Waals surface area contributed by atoms with Crippen molar-refractivity contribution in [2.75, 3.05) is 13.4 Å². The lowest BCUT2D eigenvalue weighted by Gasteiger charge is -2.08. The van der Waals surface area contributed by atoms with E-state index < -0.39 is 9.84 Å². The molecule has 2 aromatic carbocycles. The van der Waals surface area contributed by atoms with Gasteiger partial charge < -0.3 is 9.84 Å². The average molecular weight is 367 g/mol. The molecule has 5 nitrogen and oxygen atoms in total. The lowest BCUT2D eigenvalue weighted by Crippen LogP contribution is -2.03. The normalized spacial score (nSPS) is 11.6. The summed E-state index contributed by atoms with van der Waals surface area (Å²) in [4.78, 5) is 12.2. The highest BCUT2D eigenvalue weighted by Crippen LogP contribution is 2.26. The number of halogens is 1. The number of carbonyl (C=O) groups is 1. The molecule has 2 aromatic rings. The molecule has 2 rings (SSSR count). The summed E-state index contributed by atoms with van der Waals surface area (Å²) in [6.07, 6.45) is 3.95. The number of methoxy groups -OCH3 is 1. The van der Waals surface area contributed by atoms with Gasteiger partial charge in [0, 0.05) is 11.8 Å². The average Bonchev–Trinajstić information content (AvgIpc) is 2.54. The molecule has 0 heterocycles. The molecule has 0 spiro atoms. The number of benzene rings is 2. The Kier molecular flexibility index (Phi) is 5.31. The maximum atomic E-state index is 12.2. The van der Waals surface area contributed by atoms with Crippen LogP contribution < -0.4 is 4.74 Å². The Morgan fingerprint density at radius 1 is 1.21 bits per heavy atom. The van der Waals surface area contributed by atoms with Crippen LogP contribution in [0.2, 0.25) is 5.02 Å². The number of phenolic OH excluding ortho intramolecular Hbond substituents is 1. The van der Waals surface area contributed by atoms with Crippen molar-refractivity contribution < 1.29 is 23.1 Å². The highest BCUT2D eigenvalue weighted by atomic mass is 35.5. The molecule has 0 atom stereocenters. The number of rotatable bonds is 5. The van der Waals surface area contributed by atoms with E-state index in [0.29, 0.717) is 11.1 Å². The third-order valence-corrected chi connectivity index (χ3v) is 4.69. The van der Waals surface area contributed by atoms with Crippen molar-refractivity contribution in [3.8, 4) is 11.5 Å². The Morgan fingerprint density at radius 3 is 2.50 bits per heavy atom. The topological polar surface area (TPSA) is 80.7 Å². The molecule has 24 heavy (non-hydrogen) atoms. The van der Waals surface area contributed by atoms with Gasteiger partial charge >= 0.3 is 0 Å². The summed E-state index contributed by atoms with van der Waals surface area (Å²) in [5, 5.41) is 9.55. The van der Waals surface area contributed by atoms with E-state index >= 15 is 0 Å². The molecule has 0 saturated carbocycles. The fraction of sp³-hybridized carbons (Fsp3) is 0.118. The first-order chi connectivity index (χ1) is 11.2. The quantitative estimate of drug-likeness (QED) is 0.648. The predicted molar refractivity (Wildman–Crippen MR) is 92.6 cm³/mol. The predicted octanol–water partition coefficient (Wildman–Crippen LogP) is 3.35. The van der Waals surface area contributed by atoms with Crippen LogP contribution in [0.4, 0.5) is 0 Å². The van der Waals surface area contributed by atoms with Crippen LogP contribution in [0.3, 0.4) is 0 Å². The van der Waals surface area contributed by atoms with Gasteiger partial charge in [0.2, 0.25) is 0 Å². The van der Waals surface area contributed by atoms with Crippen molar-refractivity contribution in [3.63, 3.8) is 0 Å². The summed E-state index contributed by atoms with van der Waals surface area (Å²) in [6, 6.07) is 8.71. The molecule has 126 valence electrons. The van der Waals surface area contributed by atoms with Gasteiger partial charge in [0.15, 0.2) is 15.6 Å². The van der Waals surface area contributed by atoms with E-state index in [4.69, 9.17) is 16.3 Å². The molecular formula is C17H15ClO5S. The zero-order valence-electron chi connectivity index (χ0n) is 13.0. The van der Waals surface area contributed by atoms with E-state index in [9.17, 15) is 18.3 Å². The summed E-state index contributed by atoms with van der Waals surface area (Å²) in [5.74, 6) is -0.247. The molecule has 1 N–H and O–H groups in total. The lowest BCUT2D eigenvalue weighted by molar-refractivity contribution is 0.104. The maximum Gasteiger partial charge on any atom is 0.185 e. The first-order valence-corrected chi connectivity index (χ1v) is 9.08. The number of hydrogen-bond donors (Lipinski definition) is 1. The van der Waals surface area contributed by atoms with Crippen molar-refractivity contribution in [1.82, 2.24) is 0 Å². The number of aromatic hydroxyl groups is 1. The SMILES string of the molecule is COc1cc(C(=O)/C=C/c2ccc(O)c(Cl)c2)ccc1S(C)(=O)=O. The molecule has 0 bridgehead atoms. The third-order valence-electron chi connectivity index (χ3n) is 3.25. The summed E-state index contributed by atoms with van der Waals surface area (Å²) in [5.41, 5.74) is 0.936. The van der Waals surface area contributed by atoms with Gasteiger partial charge in [-0.05, 0) is 42.0 Å². The zero-order valence-corrected chi connectivity index (χ0v) is 14.6. The van der Waals surface area contributed by atoms with Gasteiger partial charge in [-0.3, -0.25) is 4.79 Å². The van der Waals surface area contributed by atoms with Gasteiger partial charge in [0.1, 0.15) is 16.4 Å². The van der Waals surface area contributed by atoms with Crippen LogP contribution in [0.1, 0.15) is 15.9 Å². The fourth-order valence-corrected chi connectivity index (χ4v) is 3.03. The highest BCUT2D eigenvalue weighted by Gasteiger charge is 2.16. The van der Waals surface area contributed by atoms with Crippen molar-refractivity contribution in [2.24, 2.45) is 0 Å². The summed E-state index contributed by atoms with van der Waals surface area (Å²) >= 11 is 5.80. The van der Waals surface area contributed by atoms with E-state index in [2.05, 4.69) is 0 Å². The first-order valence-electron chi connectivity index (χ1n) is 6.81. The molecule has 0 aliphatic carbocycles. The third kappa shape index (κ3) is 4.15. The summed E-state index contributed by atoms with van der Waals surface area (Å²) in [6.45, 7) is 0. The van der Waals surface area contributed by atoms with Gasteiger partial charge in [-0.15, -0.1) is 0 Å². The number of sulfone groups is 1. The Balaban J connectivity index is 2.29. The first kappa shape index (κ1) is 18.0. The number of phenols is 1. The maximum absolute atomic E-state index is 12.2. The van der Waals surface area contributed by atoms with Gasteiger partial charge in [0.25, 0.3) is 0 Å². The molecule has 0 aliphatic rings. The van der Waals surface area contributed by atoms with E-state index in [1.165, 1.54) is 43.5 Å². The lowest BCUT2D eigenvalue weighted by atomic mass is 10.1. The van der Waals surface area contributed by atoms with Crippen LogP contribution in [-0.4, -0.2) is 32.7 Å². The summed E-state index contributed by atoms with van der Waals surface area (Å²) < 4.78 is 28.4. The minimum absolute atomic E-state index is 0.0239. The Bertz CT molecular complexity index is 917. The van der Waals surface area contributed by atoms with Crippen LogP contribution in [-0.2, 0) is 9.84 Å². The minimum atomic E-state index is -3.44. The van der Waals surface area contributed by atoms with Crippen molar-refractivity contribution in [1.29, 1.82) is 0 Å². The van der Waals surface area contributed by atoms with Crippen LogP contribution in [0.5, 0.6) is 11.5 Å². The van der Waals surface area contributed by atoms with Gasteiger partial charge in [-0.25, -0.2) is 8.42 Å². The molecule has 0 saturated heterocycles. The second kappa shape index (κ2) is 7.07. The number of hydrogen-bond acceptors (Lipinski definition) is 5. The monoisotopic (exact) mass is 366 g/mol. The molecule has 0 amide bonds. The molecule has 7 heteroatoms. The number of carbonyl (C=O) groups excluding carboxylic acids is 1.